The number of hydrogen-bond acceptors (Lipinski definition) is 5. The van der Waals surface area contributed by atoms with Gasteiger partial charge in [-0.2, -0.15) is 0 Å². The lowest BCUT2D eigenvalue weighted by Crippen LogP contribution is -2.68. The molecule has 0 saturated carbocycles. The smallest absolute Gasteiger partial charge is 0.352 e. The van der Waals surface area contributed by atoms with Crippen molar-refractivity contribution in [2.75, 3.05) is 5.75 Å². The van der Waals surface area contributed by atoms with Gasteiger partial charge in [-0.1, -0.05) is 38.3 Å². The Kier molecular flexibility index (Phi) is 8.18. The zero-order valence-electron chi connectivity index (χ0n) is 15.6. The zero-order chi connectivity index (χ0) is 19.2. The number of allylic oxidation sites excluding steroid dienone is 2. The van der Waals surface area contributed by atoms with Crippen LogP contribution in [0.5, 0.6) is 0 Å². The average Bonchev–Trinajstić information content (AvgIpc) is 2.53. The van der Waals surface area contributed by atoms with Gasteiger partial charge in [0.25, 0.3) is 0 Å². The fourth-order valence-corrected chi connectivity index (χ4v) is 3.96. The van der Waals surface area contributed by atoms with Gasteiger partial charge in [0, 0.05) is 11.3 Å². The summed E-state index contributed by atoms with van der Waals surface area (Å²) in [5.41, 5.74) is 12.2. The monoisotopic (exact) mass is 369 g/mol. The van der Waals surface area contributed by atoms with Crippen molar-refractivity contribution in [1.82, 2.24) is 4.90 Å². The molecule has 0 aliphatic carbocycles. The molecule has 142 valence electrons. The molecule has 2 heterocycles. The standard InChI is InChI=1S/C10H12N2O3S.C8H19N/c1-2-3-5-4-16-9-6(11)8(13)12(9)7(5)10(14)15;1-4-5-6-7-8(2,3)9/h2-3,6,9H,4,11H2,1H3,(H,14,15);4-7,9H2,1-3H3/b3-2-;/t6?,9-;/m0./s1. The van der Waals surface area contributed by atoms with E-state index in [0.29, 0.717) is 11.3 Å². The summed E-state index contributed by atoms with van der Waals surface area (Å²) in [5.74, 6) is -0.802. The van der Waals surface area contributed by atoms with E-state index in [2.05, 4.69) is 20.8 Å². The largest absolute Gasteiger partial charge is 0.477 e. The molecule has 2 rings (SSSR count). The second-order valence-corrected chi connectivity index (χ2v) is 8.17. The molecule has 7 heteroatoms. The van der Waals surface area contributed by atoms with E-state index in [9.17, 15) is 9.59 Å². The van der Waals surface area contributed by atoms with Crippen LogP contribution in [0.4, 0.5) is 0 Å². The first kappa shape index (κ1) is 21.7. The number of rotatable bonds is 6. The quantitative estimate of drug-likeness (QED) is 0.490. The van der Waals surface area contributed by atoms with E-state index in [1.807, 2.05) is 6.92 Å². The van der Waals surface area contributed by atoms with E-state index in [4.69, 9.17) is 16.6 Å². The molecule has 1 unspecified atom stereocenters. The van der Waals surface area contributed by atoms with Crippen molar-refractivity contribution in [3.05, 3.63) is 23.4 Å². The summed E-state index contributed by atoms with van der Waals surface area (Å²) >= 11 is 1.50. The van der Waals surface area contributed by atoms with Crippen LogP contribution in [-0.2, 0) is 9.59 Å². The normalized spacial score (nSPS) is 23.1. The molecule has 1 fully saturated rings. The van der Waals surface area contributed by atoms with Crippen LogP contribution >= 0.6 is 11.8 Å². The summed E-state index contributed by atoms with van der Waals surface area (Å²) in [6.07, 6.45) is 8.53. The molecule has 25 heavy (non-hydrogen) atoms. The third-order valence-electron chi connectivity index (χ3n) is 4.03. The van der Waals surface area contributed by atoms with Crippen LogP contribution in [0, 0.1) is 0 Å². The number of unbranched alkanes of at least 4 members (excludes halogenated alkanes) is 2. The van der Waals surface area contributed by atoms with Gasteiger partial charge in [-0.3, -0.25) is 9.69 Å². The maximum atomic E-state index is 11.5. The van der Waals surface area contributed by atoms with Gasteiger partial charge < -0.3 is 16.6 Å². The van der Waals surface area contributed by atoms with Crippen LogP contribution in [0.15, 0.2) is 23.4 Å². The van der Waals surface area contributed by atoms with Crippen molar-refractivity contribution >= 4 is 23.6 Å². The van der Waals surface area contributed by atoms with E-state index in [0.717, 1.165) is 6.42 Å². The minimum Gasteiger partial charge on any atom is -0.477 e. The van der Waals surface area contributed by atoms with Crippen LogP contribution in [0.1, 0.15) is 53.4 Å². The van der Waals surface area contributed by atoms with Crippen molar-refractivity contribution in [1.29, 1.82) is 0 Å². The van der Waals surface area contributed by atoms with E-state index < -0.39 is 12.0 Å². The number of carbonyl (C=O) groups excluding carboxylic acids is 1. The Hall–Kier alpha value is -1.31. The van der Waals surface area contributed by atoms with Gasteiger partial charge in [0.2, 0.25) is 5.91 Å². The lowest BCUT2D eigenvalue weighted by molar-refractivity contribution is -0.147. The Balaban J connectivity index is 0.000000299. The number of amides is 1. The number of carboxylic acid groups (broad SMARTS) is 1. The number of nitrogens with two attached hydrogens (primary N) is 2. The molecule has 1 amide bonds. The maximum Gasteiger partial charge on any atom is 0.352 e. The van der Waals surface area contributed by atoms with Crippen molar-refractivity contribution in [2.24, 2.45) is 11.5 Å². The lowest BCUT2D eigenvalue weighted by atomic mass is 9.98. The molecule has 6 nitrogen and oxygen atoms in total. The highest BCUT2D eigenvalue weighted by molar-refractivity contribution is 8.00. The van der Waals surface area contributed by atoms with Gasteiger partial charge in [0.1, 0.15) is 17.1 Å². The van der Waals surface area contributed by atoms with Crippen LogP contribution in [0.25, 0.3) is 0 Å². The highest BCUT2D eigenvalue weighted by Crippen LogP contribution is 2.39. The lowest BCUT2D eigenvalue weighted by Gasteiger charge is -2.47. The van der Waals surface area contributed by atoms with Crippen molar-refractivity contribution in [3.8, 4) is 0 Å². The number of nitrogens with zero attached hydrogens (tertiary/aromatic N) is 1. The SMILES string of the molecule is C/C=C\C1=C(C(=O)O)N2C(=O)C(N)[C@@H]2SC1.CCCCCC(C)(C)N. The van der Waals surface area contributed by atoms with Gasteiger partial charge >= 0.3 is 5.97 Å². The van der Waals surface area contributed by atoms with Crippen molar-refractivity contribution in [3.63, 3.8) is 0 Å². The molecule has 0 aromatic rings. The zero-order valence-corrected chi connectivity index (χ0v) is 16.4. The van der Waals surface area contributed by atoms with E-state index in [1.165, 1.54) is 35.9 Å². The summed E-state index contributed by atoms with van der Waals surface area (Å²) in [6, 6.07) is -0.563. The summed E-state index contributed by atoms with van der Waals surface area (Å²) in [5, 5.41) is 8.91. The predicted octanol–water partition coefficient (Wildman–Crippen LogP) is 2.45. The van der Waals surface area contributed by atoms with Gasteiger partial charge in [-0.05, 0) is 32.8 Å². The van der Waals surface area contributed by atoms with E-state index >= 15 is 0 Å². The maximum absolute atomic E-state index is 11.5. The van der Waals surface area contributed by atoms with Crippen LogP contribution in [0.3, 0.4) is 0 Å². The first-order valence-corrected chi connectivity index (χ1v) is 9.77. The van der Waals surface area contributed by atoms with Gasteiger partial charge in [-0.15, -0.1) is 11.8 Å². The molecule has 0 aromatic heterocycles. The molecule has 2 aliphatic heterocycles. The first-order chi connectivity index (χ1) is 11.6. The van der Waals surface area contributed by atoms with Crippen LogP contribution < -0.4 is 11.5 Å². The molecular weight excluding hydrogens is 338 g/mol. The van der Waals surface area contributed by atoms with Crippen LogP contribution in [-0.4, -0.2) is 44.6 Å². The molecule has 0 spiro atoms. The third-order valence-corrected chi connectivity index (χ3v) is 5.36. The summed E-state index contributed by atoms with van der Waals surface area (Å²) in [6.45, 7) is 8.20. The number of aliphatic carboxylic acids is 1. The molecule has 1 saturated heterocycles. The second-order valence-electron chi connectivity index (χ2n) is 7.06. The molecule has 0 aromatic carbocycles. The van der Waals surface area contributed by atoms with E-state index in [1.54, 1.807) is 12.2 Å². The third kappa shape index (κ3) is 5.87. The highest BCUT2D eigenvalue weighted by atomic mass is 32.2. The Morgan fingerprint density at radius 2 is 2.08 bits per heavy atom. The predicted molar refractivity (Wildman–Crippen MR) is 103 cm³/mol. The number of β-lactam (4-membered cyclic amide) rings is 1. The van der Waals surface area contributed by atoms with Crippen molar-refractivity contribution < 1.29 is 14.7 Å². The minimum absolute atomic E-state index is 0.0508. The number of fused-ring (bicyclic) bond motifs is 1. The first-order valence-electron chi connectivity index (χ1n) is 8.72. The Morgan fingerprint density at radius 3 is 2.56 bits per heavy atom. The Bertz CT molecular complexity index is 552. The van der Waals surface area contributed by atoms with Crippen molar-refractivity contribution in [2.45, 2.75) is 70.3 Å². The van der Waals surface area contributed by atoms with Crippen LogP contribution in [0.2, 0.25) is 0 Å². The minimum atomic E-state index is -1.07. The van der Waals surface area contributed by atoms with Gasteiger partial charge in [0.05, 0.1) is 0 Å². The average molecular weight is 370 g/mol. The molecule has 2 atom stereocenters. The molecular formula is C18H31N3O3S. The Morgan fingerprint density at radius 1 is 1.44 bits per heavy atom. The fourth-order valence-electron chi connectivity index (χ4n) is 2.70. The fraction of sp³-hybridized carbons (Fsp3) is 0.667. The second kappa shape index (κ2) is 9.40. The van der Waals surface area contributed by atoms with Gasteiger partial charge in [-0.25, -0.2) is 4.79 Å². The number of thioether (sulfide) groups is 1. The number of hydrogen-bond donors (Lipinski definition) is 3. The Labute approximate surface area is 154 Å². The summed E-state index contributed by atoms with van der Waals surface area (Å²) in [7, 11) is 0. The molecule has 2 aliphatic rings. The molecule has 5 N–H and O–H groups in total. The summed E-state index contributed by atoms with van der Waals surface area (Å²) < 4.78 is 0. The molecule has 0 bridgehead atoms. The number of carbonyl (C=O) groups is 2. The summed E-state index contributed by atoms with van der Waals surface area (Å²) in [4.78, 5) is 24.0. The highest BCUT2D eigenvalue weighted by Gasteiger charge is 2.51. The van der Waals surface area contributed by atoms with E-state index in [-0.39, 0.29) is 22.5 Å². The topological polar surface area (TPSA) is 110 Å². The van der Waals surface area contributed by atoms with Gasteiger partial charge in [0.15, 0.2) is 0 Å². The molecule has 0 radical (unpaired) electrons. The number of carboxylic acids is 1.